The lowest BCUT2D eigenvalue weighted by molar-refractivity contribution is -0.133. The summed E-state index contributed by atoms with van der Waals surface area (Å²) < 4.78 is 25.8. The largest absolute Gasteiger partial charge is 0.337 e. The molecule has 0 aliphatic carbocycles. The molecule has 3 nitrogen and oxygen atoms in total. The van der Waals surface area contributed by atoms with Gasteiger partial charge >= 0.3 is 0 Å². The van der Waals surface area contributed by atoms with Gasteiger partial charge in [-0.3, -0.25) is 4.79 Å². The molecule has 1 aromatic rings. The van der Waals surface area contributed by atoms with Gasteiger partial charge in [-0.25, -0.2) is 8.78 Å². The molecule has 0 radical (unpaired) electrons. The number of carbonyl (C=O) groups excluding carboxylic acids is 1. The monoisotopic (exact) mass is 256 g/mol. The standard InChI is InChI=1S/C13H18F2N2O/c1-3-12(16)13(18)17(4-2)8-9-5-6-10(14)11(15)7-9/h5-7,12H,3-4,8,16H2,1-2H3/t12-/m1/s1. The SMILES string of the molecule is CC[C@@H](N)C(=O)N(CC)Cc1ccc(F)c(F)c1. The number of nitrogens with zero attached hydrogens (tertiary/aromatic N) is 1. The van der Waals surface area contributed by atoms with Gasteiger partial charge in [0.05, 0.1) is 6.04 Å². The minimum absolute atomic E-state index is 0.176. The van der Waals surface area contributed by atoms with E-state index < -0.39 is 17.7 Å². The molecule has 18 heavy (non-hydrogen) atoms. The average molecular weight is 256 g/mol. The van der Waals surface area contributed by atoms with Gasteiger partial charge in [-0.15, -0.1) is 0 Å². The van der Waals surface area contributed by atoms with E-state index in [1.54, 1.807) is 0 Å². The number of halogens is 2. The summed E-state index contributed by atoms with van der Waals surface area (Å²) in [5, 5.41) is 0. The second-order valence-electron chi connectivity index (χ2n) is 4.12. The summed E-state index contributed by atoms with van der Waals surface area (Å²) in [7, 11) is 0. The third-order valence-corrected chi connectivity index (χ3v) is 2.81. The van der Waals surface area contributed by atoms with Crippen LogP contribution in [-0.4, -0.2) is 23.4 Å². The number of hydrogen-bond donors (Lipinski definition) is 1. The maximum Gasteiger partial charge on any atom is 0.239 e. The van der Waals surface area contributed by atoms with Gasteiger partial charge < -0.3 is 10.6 Å². The molecule has 0 aromatic heterocycles. The Morgan fingerprint density at radius 2 is 2.00 bits per heavy atom. The lowest BCUT2D eigenvalue weighted by atomic mass is 10.1. The minimum Gasteiger partial charge on any atom is -0.337 e. The molecule has 0 unspecified atom stereocenters. The predicted molar refractivity (Wildman–Crippen MR) is 65.7 cm³/mol. The fourth-order valence-corrected chi connectivity index (χ4v) is 1.61. The summed E-state index contributed by atoms with van der Waals surface area (Å²) in [6.45, 7) is 4.36. The van der Waals surface area contributed by atoms with Gasteiger partial charge in [0, 0.05) is 13.1 Å². The van der Waals surface area contributed by atoms with Crippen LogP contribution in [0.25, 0.3) is 0 Å². The summed E-state index contributed by atoms with van der Waals surface area (Å²) in [5.41, 5.74) is 6.22. The highest BCUT2D eigenvalue weighted by atomic mass is 19.2. The Morgan fingerprint density at radius 1 is 1.33 bits per heavy atom. The molecular weight excluding hydrogens is 238 g/mol. The number of carbonyl (C=O) groups is 1. The summed E-state index contributed by atoms with van der Waals surface area (Å²) in [4.78, 5) is 13.4. The Hall–Kier alpha value is -1.49. The Bertz CT molecular complexity index is 423. The van der Waals surface area contributed by atoms with Crippen molar-refractivity contribution in [2.75, 3.05) is 6.54 Å². The van der Waals surface area contributed by atoms with Gasteiger partial charge in [-0.2, -0.15) is 0 Å². The normalized spacial score (nSPS) is 12.3. The van der Waals surface area contributed by atoms with E-state index in [0.29, 0.717) is 18.5 Å². The highest BCUT2D eigenvalue weighted by Gasteiger charge is 2.18. The van der Waals surface area contributed by atoms with E-state index in [0.717, 1.165) is 12.1 Å². The topological polar surface area (TPSA) is 46.3 Å². The number of benzene rings is 1. The van der Waals surface area contributed by atoms with Gasteiger partial charge in [-0.1, -0.05) is 13.0 Å². The minimum atomic E-state index is -0.907. The number of rotatable bonds is 5. The number of amides is 1. The van der Waals surface area contributed by atoms with Crippen LogP contribution in [0.2, 0.25) is 0 Å². The zero-order chi connectivity index (χ0) is 13.7. The maximum atomic E-state index is 13.1. The second kappa shape index (κ2) is 6.44. The highest BCUT2D eigenvalue weighted by molar-refractivity contribution is 5.81. The van der Waals surface area contributed by atoms with E-state index in [2.05, 4.69) is 0 Å². The van der Waals surface area contributed by atoms with Crippen molar-refractivity contribution in [2.45, 2.75) is 32.9 Å². The lowest BCUT2D eigenvalue weighted by Gasteiger charge is -2.24. The van der Waals surface area contributed by atoms with E-state index in [1.807, 2.05) is 13.8 Å². The summed E-state index contributed by atoms with van der Waals surface area (Å²) in [5.74, 6) is -1.97. The molecule has 1 rings (SSSR count). The summed E-state index contributed by atoms with van der Waals surface area (Å²) >= 11 is 0. The molecule has 0 saturated carbocycles. The molecule has 100 valence electrons. The first kappa shape index (κ1) is 14.6. The molecule has 0 aliphatic heterocycles. The molecule has 0 aliphatic rings. The van der Waals surface area contributed by atoms with Crippen LogP contribution in [0.15, 0.2) is 18.2 Å². The number of nitrogens with two attached hydrogens (primary N) is 1. The van der Waals surface area contributed by atoms with E-state index in [4.69, 9.17) is 5.73 Å². The molecule has 0 saturated heterocycles. The fraction of sp³-hybridized carbons (Fsp3) is 0.462. The first-order valence-electron chi connectivity index (χ1n) is 5.97. The van der Waals surface area contributed by atoms with Crippen molar-refractivity contribution in [3.8, 4) is 0 Å². The number of hydrogen-bond acceptors (Lipinski definition) is 2. The van der Waals surface area contributed by atoms with Crippen molar-refractivity contribution < 1.29 is 13.6 Å². The molecule has 5 heteroatoms. The molecule has 0 spiro atoms. The predicted octanol–water partition coefficient (Wildman–Crippen LogP) is 2.05. The van der Waals surface area contributed by atoms with Crippen LogP contribution < -0.4 is 5.73 Å². The Kier molecular flexibility index (Phi) is 5.22. The van der Waals surface area contributed by atoms with E-state index >= 15 is 0 Å². The van der Waals surface area contributed by atoms with Crippen molar-refractivity contribution >= 4 is 5.91 Å². The van der Waals surface area contributed by atoms with Crippen LogP contribution in [0.1, 0.15) is 25.8 Å². The molecule has 0 heterocycles. The second-order valence-corrected chi connectivity index (χ2v) is 4.12. The van der Waals surface area contributed by atoms with Crippen LogP contribution in [0, 0.1) is 11.6 Å². The first-order valence-corrected chi connectivity index (χ1v) is 5.97. The van der Waals surface area contributed by atoms with Crippen LogP contribution in [0.3, 0.4) is 0 Å². The molecule has 2 N–H and O–H groups in total. The van der Waals surface area contributed by atoms with Crippen LogP contribution >= 0.6 is 0 Å². The molecule has 1 atom stereocenters. The van der Waals surface area contributed by atoms with E-state index in [-0.39, 0.29) is 12.5 Å². The first-order chi connectivity index (χ1) is 8.49. The lowest BCUT2D eigenvalue weighted by Crippen LogP contribution is -2.42. The third-order valence-electron chi connectivity index (χ3n) is 2.81. The smallest absolute Gasteiger partial charge is 0.239 e. The van der Waals surface area contributed by atoms with Crippen molar-refractivity contribution in [2.24, 2.45) is 5.73 Å². The Balaban J connectivity index is 2.79. The summed E-state index contributed by atoms with van der Waals surface area (Å²) in [6.07, 6.45) is 0.549. The molecule has 0 bridgehead atoms. The van der Waals surface area contributed by atoms with E-state index in [1.165, 1.54) is 11.0 Å². The van der Waals surface area contributed by atoms with Crippen molar-refractivity contribution in [1.82, 2.24) is 4.90 Å². The van der Waals surface area contributed by atoms with Crippen molar-refractivity contribution in [3.63, 3.8) is 0 Å². The van der Waals surface area contributed by atoms with Gasteiger partial charge in [0.25, 0.3) is 0 Å². The van der Waals surface area contributed by atoms with Gasteiger partial charge in [0.2, 0.25) is 5.91 Å². The van der Waals surface area contributed by atoms with Crippen LogP contribution in [0.5, 0.6) is 0 Å². The van der Waals surface area contributed by atoms with Crippen LogP contribution in [-0.2, 0) is 11.3 Å². The molecule has 1 aromatic carbocycles. The quantitative estimate of drug-likeness (QED) is 0.876. The van der Waals surface area contributed by atoms with Crippen LogP contribution in [0.4, 0.5) is 8.78 Å². The Morgan fingerprint density at radius 3 is 2.50 bits per heavy atom. The molecule has 1 amide bonds. The van der Waals surface area contributed by atoms with E-state index in [9.17, 15) is 13.6 Å². The molecule has 0 fully saturated rings. The average Bonchev–Trinajstić information content (AvgIpc) is 2.38. The fourth-order valence-electron chi connectivity index (χ4n) is 1.61. The van der Waals surface area contributed by atoms with Gasteiger partial charge in [0.15, 0.2) is 11.6 Å². The zero-order valence-electron chi connectivity index (χ0n) is 10.6. The Labute approximate surface area is 106 Å². The van der Waals surface area contributed by atoms with Crippen molar-refractivity contribution in [3.05, 3.63) is 35.4 Å². The van der Waals surface area contributed by atoms with Gasteiger partial charge in [0.1, 0.15) is 0 Å². The van der Waals surface area contributed by atoms with Gasteiger partial charge in [-0.05, 0) is 31.0 Å². The zero-order valence-corrected chi connectivity index (χ0v) is 10.6. The summed E-state index contributed by atoms with van der Waals surface area (Å²) in [6, 6.07) is 3.08. The maximum absolute atomic E-state index is 13.1. The number of likely N-dealkylation sites (N-methyl/N-ethyl adjacent to an activating group) is 1. The molecular formula is C13H18F2N2O. The third kappa shape index (κ3) is 3.50. The van der Waals surface area contributed by atoms with Crippen molar-refractivity contribution in [1.29, 1.82) is 0 Å². The highest BCUT2D eigenvalue weighted by Crippen LogP contribution is 2.11.